The lowest BCUT2D eigenvalue weighted by atomic mass is 10.1. The molecule has 2 N–H and O–H groups in total. The van der Waals surface area contributed by atoms with Crippen LogP contribution in [0.3, 0.4) is 0 Å². The maximum Gasteiger partial charge on any atom is 0.242 e. The van der Waals surface area contributed by atoms with Gasteiger partial charge in [0.1, 0.15) is 4.90 Å². The van der Waals surface area contributed by atoms with Crippen molar-refractivity contribution in [2.45, 2.75) is 70.2 Å². The van der Waals surface area contributed by atoms with E-state index < -0.39 is 10.0 Å². The quantitative estimate of drug-likeness (QED) is 0.800. The SMILES string of the molecule is Cc1cc(-c2c(C)sc(C)c2S(=O)(=O)NC2CCCCCC2)n[nH]1. The van der Waals surface area contributed by atoms with Gasteiger partial charge in [0.2, 0.25) is 10.0 Å². The highest BCUT2D eigenvalue weighted by atomic mass is 32.2. The van der Waals surface area contributed by atoms with Crippen molar-refractivity contribution in [2.75, 3.05) is 0 Å². The van der Waals surface area contributed by atoms with Crippen LogP contribution in [0.15, 0.2) is 11.0 Å². The van der Waals surface area contributed by atoms with E-state index in [4.69, 9.17) is 0 Å². The maximum atomic E-state index is 13.1. The van der Waals surface area contributed by atoms with E-state index >= 15 is 0 Å². The first-order valence-electron chi connectivity index (χ1n) is 8.53. The standard InChI is InChI=1S/C17H25N3O2S2/c1-11-10-15(19-18-11)16-12(2)23-13(3)17(16)24(21,22)20-14-8-6-4-5-7-9-14/h10,14,20H,4-9H2,1-3H3,(H,18,19). The lowest BCUT2D eigenvalue weighted by molar-refractivity contribution is 0.510. The number of sulfonamides is 1. The van der Waals surface area contributed by atoms with E-state index in [1.807, 2.05) is 26.8 Å². The number of rotatable bonds is 4. The molecule has 0 spiro atoms. The number of aromatic amines is 1. The number of hydrogen-bond donors (Lipinski definition) is 2. The van der Waals surface area contributed by atoms with Crippen LogP contribution in [0.25, 0.3) is 11.3 Å². The zero-order chi connectivity index (χ0) is 17.3. The first-order valence-corrected chi connectivity index (χ1v) is 10.8. The van der Waals surface area contributed by atoms with Gasteiger partial charge in [-0.1, -0.05) is 25.7 Å². The van der Waals surface area contributed by atoms with Gasteiger partial charge in [0.05, 0.1) is 5.69 Å². The van der Waals surface area contributed by atoms with Crippen LogP contribution in [0.4, 0.5) is 0 Å². The summed E-state index contributed by atoms with van der Waals surface area (Å²) in [7, 11) is -3.55. The van der Waals surface area contributed by atoms with E-state index in [1.165, 1.54) is 24.2 Å². The van der Waals surface area contributed by atoms with Crippen LogP contribution in [0, 0.1) is 20.8 Å². The molecule has 132 valence electrons. The van der Waals surface area contributed by atoms with E-state index in [0.29, 0.717) is 10.6 Å². The molecule has 2 aromatic heterocycles. The van der Waals surface area contributed by atoms with E-state index in [-0.39, 0.29) is 6.04 Å². The van der Waals surface area contributed by atoms with E-state index in [1.54, 1.807) is 0 Å². The van der Waals surface area contributed by atoms with Crippen LogP contribution >= 0.6 is 11.3 Å². The molecule has 0 radical (unpaired) electrons. The van der Waals surface area contributed by atoms with Crippen molar-refractivity contribution in [1.82, 2.24) is 14.9 Å². The molecule has 0 amide bonds. The predicted octanol–water partition coefficient (Wildman–Crippen LogP) is 4.06. The van der Waals surface area contributed by atoms with Gasteiger partial charge in [-0.3, -0.25) is 5.10 Å². The van der Waals surface area contributed by atoms with Crippen molar-refractivity contribution in [3.8, 4) is 11.3 Å². The number of H-pyrrole nitrogens is 1. The lowest BCUT2D eigenvalue weighted by Gasteiger charge is -2.17. The molecule has 1 aliphatic carbocycles. The minimum atomic E-state index is -3.55. The number of nitrogens with zero attached hydrogens (tertiary/aromatic N) is 1. The highest BCUT2D eigenvalue weighted by Crippen LogP contribution is 2.38. The predicted molar refractivity (Wildman–Crippen MR) is 97.9 cm³/mol. The molecule has 0 bridgehead atoms. The summed E-state index contributed by atoms with van der Waals surface area (Å²) in [5.41, 5.74) is 2.37. The van der Waals surface area contributed by atoms with Gasteiger partial charge in [-0.2, -0.15) is 5.10 Å². The summed E-state index contributed by atoms with van der Waals surface area (Å²) in [6.45, 7) is 5.76. The largest absolute Gasteiger partial charge is 0.282 e. The molecule has 0 atom stereocenters. The van der Waals surface area contributed by atoms with Gasteiger partial charge in [-0.15, -0.1) is 11.3 Å². The summed E-state index contributed by atoms with van der Waals surface area (Å²) in [5.74, 6) is 0. The van der Waals surface area contributed by atoms with Gasteiger partial charge in [0.15, 0.2) is 0 Å². The van der Waals surface area contributed by atoms with Crippen molar-refractivity contribution in [1.29, 1.82) is 0 Å². The third kappa shape index (κ3) is 3.58. The molecular weight excluding hydrogens is 342 g/mol. The third-order valence-corrected chi connectivity index (χ3v) is 7.45. The molecule has 7 heteroatoms. The average molecular weight is 368 g/mol. The van der Waals surface area contributed by atoms with Gasteiger partial charge in [0.25, 0.3) is 0 Å². The number of aryl methyl sites for hydroxylation is 3. The van der Waals surface area contributed by atoms with Gasteiger partial charge in [0, 0.05) is 27.1 Å². The van der Waals surface area contributed by atoms with Crippen LogP contribution in [0.2, 0.25) is 0 Å². The Bertz CT molecular complexity index is 813. The van der Waals surface area contributed by atoms with Crippen molar-refractivity contribution in [3.63, 3.8) is 0 Å². The summed E-state index contributed by atoms with van der Waals surface area (Å²) in [6, 6.07) is 1.95. The van der Waals surface area contributed by atoms with Crippen molar-refractivity contribution < 1.29 is 8.42 Å². The molecule has 24 heavy (non-hydrogen) atoms. The molecule has 0 unspecified atom stereocenters. The van der Waals surface area contributed by atoms with Gasteiger partial charge >= 0.3 is 0 Å². The zero-order valence-corrected chi connectivity index (χ0v) is 16.1. The fraction of sp³-hybridized carbons (Fsp3) is 0.588. The monoisotopic (exact) mass is 367 g/mol. The van der Waals surface area contributed by atoms with Crippen molar-refractivity contribution in [3.05, 3.63) is 21.5 Å². The number of hydrogen-bond acceptors (Lipinski definition) is 4. The molecule has 1 saturated carbocycles. The minimum absolute atomic E-state index is 0.0471. The number of aromatic nitrogens is 2. The van der Waals surface area contributed by atoms with Crippen LogP contribution in [0.1, 0.15) is 54.0 Å². The second kappa shape index (κ2) is 6.98. The summed E-state index contributed by atoms with van der Waals surface area (Å²) in [4.78, 5) is 2.21. The Morgan fingerprint density at radius 2 is 1.79 bits per heavy atom. The Kier molecular flexibility index (Phi) is 5.13. The average Bonchev–Trinajstić information content (AvgIpc) is 2.93. The van der Waals surface area contributed by atoms with Gasteiger partial charge in [-0.05, 0) is 39.7 Å². The molecular formula is C17H25N3O2S2. The van der Waals surface area contributed by atoms with Crippen LogP contribution in [-0.4, -0.2) is 24.7 Å². The number of nitrogens with one attached hydrogen (secondary N) is 2. The maximum absolute atomic E-state index is 13.1. The minimum Gasteiger partial charge on any atom is -0.282 e. The Morgan fingerprint density at radius 3 is 2.38 bits per heavy atom. The Labute approximate surface area is 147 Å². The van der Waals surface area contributed by atoms with Crippen LogP contribution in [-0.2, 0) is 10.0 Å². The van der Waals surface area contributed by atoms with E-state index in [0.717, 1.165) is 46.7 Å². The Hall–Kier alpha value is -1.18. The fourth-order valence-electron chi connectivity index (χ4n) is 3.50. The zero-order valence-electron chi connectivity index (χ0n) is 14.5. The fourth-order valence-corrected chi connectivity index (χ4v) is 6.68. The molecule has 3 rings (SSSR count). The second-order valence-electron chi connectivity index (χ2n) is 6.66. The van der Waals surface area contributed by atoms with Gasteiger partial charge < -0.3 is 0 Å². The summed E-state index contributed by atoms with van der Waals surface area (Å²) in [5, 5.41) is 7.20. The molecule has 1 aliphatic rings. The smallest absolute Gasteiger partial charge is 0.242 e. The van der Waals surface area contributed by atoms with Crippen LogP contribution in [0.5, 0.6) is 0 Å². The van der Waals surface area contributed by atoms with Gasteiger partial charge in [-0.25, -0.2) is 13.1 Å². The highest BCUT2D eigenvalue weighted by Gasteiger charge is 2.29. The highest BCUT2D eigenvalue weighted by molar-refractivity contribution is 7.89. The van der Waals surface area contributed by atoms with E-state index in [2.05, 4.69) is 14.9 Å². The lowest BCUT2D eigenvalue weighted by Crippen LogP contribution is -2.34. The first kappa shape index (κ1) is 17.6. The molecule has 0 aromatic carbocycles. The van der Waals surface area contributed by atoms with Crippen LogP contribution < -0.4 is 4.72 Å². The second-order valence-corrected chi connectivity index (χ2v) is 9.74. The number of thiophene rings is 1. The third-order valence-electron chi connectivity index (χ3n) is 4.61. The van der Waals surface area contributed by atoms with E-state index in [9.17, 15) is 8.42 Å². The molecule has 0 aliphatic heterocycles. The summed E-state index contributed by atoms with van der Waals surface area (Å²) in [6.07, 6.45) is 6.45. The van der Waals surface area contributed by atoms with Crippen molar-refractivity contribution >= 4 is 21.4 Å². The topological polar surface area (TPSA) is 74.8 Å². The molecule has 1 fully saturated rings. The summed E-state index contributed by atoms with van der Waals surface area (Å²) < 4.78 is 29.2. The van der Waals surface area contributed by atoms with Crippen molar-refractivity contribution in [2.24, 2.45) is 0 Å². The molecule has 5 nitrogen and oxygen atoms in total. The summed E-state index contributed by atoms with van der Waals surface area (Å²) >= 11 is 1.52. The molecule has 2 heterocycles. The molecule has 2 aromatic rings. The molecule has 0 saturated heterocycles. The normalized spacial score (nSPS) is 17.1. The Morgan fingerprint density at radius 1 is 1.12 bits per heavy atom. The first-order chi connectivity index (χ1) is 11.4. The Balaban J connectivity index is 1.98.